The minimum absolute atomic E-state index is 0.0828. The number of carbonyl (C=O) groups excluding carboxylic acids is 1. The van der Waals surface area contributed by atoms with E-state index in [1.165, 1.54) is 39.0 Å². The van der Waals surface area contributed by atoms with E-state index in [9.17, 15) is 4.79 Å². The second-order valence-corrected chi connectivity index (χ2v) is 7.23. The van der Waals surface area contributed by atoms with E-state index in [0.29, 0.717) is 0 Å². The van der Waals surface area contributed by atoms with Gasteiger partial charge in [-0.25, -0.2) is 14.6 Å². The summed E-state index contributed by atoms with van der Waals surface area (Å²) < 4.78 is 3.99. The summed E-state index contributed by atoms with van der Waals surface area (Å²) in [5.74, 6) is 0.840. The Morgan fingerprint density at radius 2 is 1.82 bits per heavy atom. The SMILES string of the molecule is CCCCCCCCNc1ccc(NC(C)=O)cc1NNc1n(C)cc[n+]1C. The van der Waals surface area contributed by atoms with Crippen molar-refractivity contribution in [1.29, 1.82) is 0 Å². The molecule has 0 atom stereocenters. The fourth-order valence-corrected chi connectivity index (χ4v) is 3.10. The molecule has 0 aliphatic heterocycles. The van der Waals surface area contributed by atoms with Crippen LogP contribution in [-0.4, -0.2) is 17.0 Å². The van der Waals surface area contributed by atoms with Gasteiger partial charge in [0.2, 0.25) is 5.91 Å². The molecule has 0 unspecified atom stereocenters. The van der Waals surface area contributed by atoms with Gasteiger partial charge in [-0.1, -0.05) is 39.0 Å². The average Bonchev–Trinajstić information content (AvgIpc) is 2.98. The van der Waals surface area contributed by atoms with Crippen LogP contribution in [0.4, 0.5) is 23.0 Å². The van der Waals surface area contributed by atoms with Crippen molar-refractivity contribution in [2.24, 2.45) is 14.1 Å². The Balaban J connectivity index is 1.99. The molecule has 0 aliphatic carbocycles. The standard InChI is InChI=1S/C21H34N6O/c1-5-6-7-8-9-10-13-22-19-12-11-18(23-17(2)28)16-20(19)24-25-21-26(3)14-15-27(21)4/h11-12,14-16,22,24H,5-10,13H2,1-4H3,(H,23,28)/p+1. The Bertz CT molecular complexity index is 736. The maximum Gasteiger partial charge on any atom is 0.378 e. The highest BCUT2D eigenvalue weighted by atomic mass is 16.1. The number of amides is 1. The lowest BCUT2D eigenvalue weighted by molar-refractivity contribution is -0.656. The fourth-order valence-electron chi connectivity index (χ4n) is 3.10. The van der Waals surface area contributed by atoms with Crippen LogP contribution in [-0.2, 0) is 18.9 Å². The largest absolute Gasteiger partial charge is 0.383 e. The highest BCUT2D eigenvalue weighted by Gasteiger charge is 2.12. The minimum Gasteiger partial charge on any atom is -0.383 e. The predicted octanol–water partition coefficient (Wildman–Crippen LogP) is 4.02. The lowest BCUT2D eigenvalue weighted by Crippen LogP contribution is -2.32. The van der Waals surface area contributed by atoms with Crippen LogP contribution in [0.25, 0.3) is 0 Å². The third-order valence-corrected chi connectivity index (χ3v) is 4.68. The van der Waals surface area contributed by atoms with Crippen molar-refractivity contribution < 1.29 is 9.36 Å². The summed E-state index contributed by atoms with van der Waals surface area (Å²) >= 11 is 0. The smallest absolute Gasteiger partial charge is 0.378 e. The number of hydrogen-bond acceptors (Lipinski definition) is 4. The zero-order chi connectivity index (χ0) is 20.4. The molecule has 0 saturated heterocycles. The summed E-state index contributed by atoms with van der Waals surface area (Å²) in [6.45, 7) is 4.68. The molecule has 0 fully saturated rings. The molecule has 28 heavy (non-hydrogen) atoms. The molecular formula is C21H35N6O+. The Morgan fingerprint density at radius 3 is 2.50 bits per heavy atom. The van der Waals surface area contributed by atoms with Gasteiger partial charge in [0, 0.05) is 19.2 Å². The average molecular weight is 388 g/mol. The van der Waals surface area contributed by atoms with E-state index >= 15 is 0 Å². The number of benzene rings is 1. The topological polar surface area (TPSA) is 74.0 Å². The molecule has 154 valence electrons. The van der Waals surface area contributed by atoms with Gasteiger partial charge >= 0.3 is 5.95 Å². The second-order valence-electron chi connectivity index (χ2n) is 7.23. The number of nitrogens with zero attached hydrogens (tertiary/aromatic N) is 2. The summed E-state index contributed by atoms with van der Waals surface area (Å²) in [5, 5.41) is 6.35. The van der Waals surface area contributed by atoms with Crippen LogP contribution >= 0.6 is 0 Å². The van der Waals surface area contributed by atoms with Crippen LogP contribution in [0.2, 0.25) is 0 Å². The molecule has 4 N–H and O–H groups in total. The number of imidazole rings is 1. The van der Waals surface area contributed by atoms with Gasteiger partial charge in [-0.15, -0.1) is 0 Å². The van der Waals surface area contributed by atoms with Crippen molar-refractivity contribution in [3.63, 3.8) is 0 Å². The van der Waals surface area contributed by atoms with Crippen molar-refractivity contribution in [2.45, 2.75) is 52.4 Å². The van der Waals surface area contributed by atoms with Crippen molar-refractivity contribution >= 4 is 28.9 Å². The molecule has 0 radical (unpaired) electrons. The predicted molar refractivity (Wildman–Crippen MR) is 116 cm³/mol. The van der Waals surface area contributed by atoms with Crippen LogP contribution in [0, 0.1) is 0 Å². The number of rotatable bonds is 12. The zero-order valence-corrected chi connectivity index (χ0v) is 17.6. The fraction of sp³-hybridized carbons (Fsp3) is 0.524. The Kier molecular flexibility index (Phi) is 8.65. The van der Waals surface area contributed by atoms with Gasteiger partial charge < -0.3 is 10.6 Å². The number of unbranched alkanes of at least 4 members (excludes halogenated alkanes) is 5. The Hall–Kier alpha value is -2.70. The van der Waals surface area contributed by atoms with E-state index in [0.717, 1.165) is 36.0 Å². The van der Waals surface area contributed by atoms with Crippen LogP contribution in [0.5, 0.6) is 0 Å². The molecule has 1 amide bonds. The molecule has 0 spiro atoms. The highest BCUT2D eigenvalue weighted by Crippen LogP contribution is 2.26. The molecule has 0 saturated carbocycles. The van der Waals surface area contributed by atoms with E-state index in [2.05, 4.69) is 28.4 Å². The summed E-state index contributed by atoms with van der Waals surface area (Å²) in [7, 11) is 3.96. The van der Waals surface area contributed by atoms with E-state index in [1.54, 1.807) is 0 Å². The summed E-state index contributed by atoms with van der Waals surface area (Å²) in [4.78, 5) is 11.4. The van der Waals surface area contributed by atoms with Crippen LogP contribution in [0.15, 0.2) is 30.6 Å². The molecule has 1 aromatic carbocycles. The van der Waals surface area contributed by atoms with Crippen molar-refractivity contribution in [2.75, 3.05) is 28.0 Å². The van der Waals surface area contributed by atoms with Crippen molar-refractivity contribution in [1.82, 2.24) is 4.57 Å². The highest BCUT2D eigenvalue weighted by molar-refractivity contribution is 5.90. The van der Waals surface area contributed by atoms with Crippen LogP contribution in [0.1, 0.15) is 52.4 Å². The summed E-state index contributed by atoms with van der Waals surface area (Å²) in [6.07, 6.45) is 11.6. The molecule has 1 heterocycles. The maximum absolute atomic E-state index is 11.4. The molecule has 0 bridgehead atoms. The van der Waals surface area contributed by atoms with Gasteiger partial charge in [-0.2, -0.15) is 5.43 Å². The normalized spacial score (nSPS) is 10.6. The molecular weight excluding hydrogens is 352 g/mol. The van der Waals surface area contributed by atoms with E-state index in [4.69, 9.17) is 0 Å². The third-order valence-electron chi connectivity index (χ3n) is 4.68. The molecule has 7 heteroatoms. The number of hydrogen-bond donors (Lipinski definition) is 4. The van der Waals surface area contributed by atoms with E-state index < -0.39 is 0 Å². The molecule has 1 aromatic heterocycles. The Morgan fingerprint density at radius 1 is 1.07 bits per heavy atom. The van der Waals surface area contributed by atoms with Crippen molar-refractivity contribution in [3.05, 3.63) is 30.6 Å². The van der Waals surface area contributed by atoms with Gasteiger partial charge in [-0.05, 0) is 24.6 Å². The lowest BCUT2D eigenvalue weighted by atomic mass is 10.1. The minimum atomic E-state index is -0.0828. The van der Waals surface area contributed by atoms with Gasteiger partial charge in [0.15, 0.2) is 0 Å². The maximum atomic E-state index is 11.4. The van der Waals surface area contributed by atoms with E-state index in [-0.39, 0.29) is 5.91 Å². The molecule has 2 rings (SSSR count). The second kappa shape index (κ2) is 11.2. The molecule has 0 aliphatic rings. The van der Waals surface area contributed by atoms with E-state index in [1.807, 2.05) is 53.8 Å². The molecule has 2 aromatic rings. The summed E-state index contributed by atoms with van der Waals surface area (Å²) in [6, 6.07) is 5.84. The van der Waals surface area contributed by atoms with Gasteiger partial charge in [0.1, 0.15) is 0 Å². The van der Waals surface area contributed by atoms with Gasteiger partial charge in [0.25, 0.3) is 0 Å². The number of carbonyl (C=O) groups is 1. The number of anilines is 4. The zero-order valence-electron chi connectivity index (χ0n) is 17.6. The lowest BCUT2D eigenvalue weighted by Gasteiger charge is -2.15. The first-order chi connectivity index (χ1) is 13.5. The number of nitrogens with one attached hydrogen (secondary N) is 4. The first kappa shape index (κ1) is 21.6. The number of aromatic nitrogens is 2. The summed E-state index contributed by atoms with van der Waals surface area (Å²) in [5.41, 5.74) is 9.18. The third kappa shape index (κ3) is 6.79. The first-order valence-corrected chi connectivity index (χ1v) is 10.2. The first-order valence-electron chi connectivity index (χ1n) is 10.2. The Labute approximate surface area is 168 Å². The van der Waals surface area contributed by atoms with Gasteiger partial charge in [-0.3, -0.25) is 4.79 Å². The number of hydrazine groups is 1. The van der Waals surface area contributed by atoms with Crippen LogP contribution in [0.3, 0.4) is 0 Å². The molecule has 7 nitrogen and oxygen atoms in total. The monoisotopic (exact) mass is 387 g/mol. The van der Waals surface area contributed by atoms with Gasteiger partial charge in [0.05, 0.1) is 37.9 Å². The van der Waals surface area contributed by atoms with Crippen LogP contribution < -0.4 is 26.1 Å². The quantitative estimate of drug-likeness (QED) is 0.252. The van der Waals surface area contributed by atoms with Crippen molar-refractivity contribution in [3.8, 4) is 0 Å². The number of aryl methyl sites for hydroxylation is 2.